The number of hydrogen-bond acceptors (Lipinski definition) is 4. The number of ketones is 1. The minimum absolute atomic E-state index is 0.0419. The van der Waals surface area contributed by atoms with E-state index in [-0.39, 0.29) is 5.78 Å². The van der Waals surface area contributed by atoms with Crippen LogP contribution >= 0.6 is 0 Å². The van der Waals surface area contributed by atoms with Gasteiger partial charge < -0.3 is 9.26 Å². The lowest BCUT2D eigenvalue weighted by molar-refractivity contribution is 0.101. The lowest BCUT2D eigenvalue weighted by Crippen LogP contribution is -1.90. The summed E-state index contributed by atoms with van der Waals surface area (Å²) in [6.07, 6.45) is 0. The monoisotopic (exact) mass is 355 g/mol. The van der Waals surface area contributed by atoms with Crippen molar-refractivity contribution in [3.8, 4) is 34.1 Å². The molecule has 0 unspecified atom stereocenters. The Labute approximate surface area is 157 Å². The van der Waals surface area contributed by atoms with E-state index in [1.807, 2.05) is 72.8 Å². The predicted molar refractivity (Wildman–Crippen MR) is 104 cm³/mol. The maximum absolute atomic E-state index is 11.4. The van der Waals surface area contributed by atoms with E-state index >= 15 is 0 Å². The summed E-state index contributed by atoms with van der Waals surface area (Å²) >= 11 is 0. The Hall–Kier alpha value is -3.66. The lowest BCUT2D eigenvalue weighted by atomic mass is 10.1. The van der Waals surface area contributed by atoms with Crippen molar-refractivity contribution in [1.29, 1.82) is 0 Å². The van der Waals surface area contributed by atoms with Gasteiger partial charge in [0.25, 0.3) is 0 Å². The first-order valence-electron chi connectivity index (χ1n) is 8.60. The van der Waals surface area contributed by atoms with Gasteiger partial charge in [-0.05, 0) is 43.3 Å². The summed E-state index contributed by atoms with van der Waals surface area (Å²) in [5, 5.41) is 4.14. The normalized spacial score (nSPS) is 10.6. The molecule has 0 fully saturated rings. The van der Waals surface area contributed by atoms with Crippen LogP contribution in [0.3, 0.4) is 0 Å². The second kappa shape index (κ2) is 7.30. The highest BCUT2D eigenvalue weighted by Crippen LogP contribution is 2.29. The maximum Gasteiger partial charge on any atom is 0.167 e. The molecule has 0 spiro atoms. The van der Waals surface area contributed by atoms with E-state index in [0.29, 0.717) is 11.3 Å². The van der Waals surface area contributed by atoms with E-state index in [4.69, 9.17) is 9.26 Å². The maximum atomic E-state index is 11.4. The van der Waals surface area contributed by atoms with Gasteiger partial charge in [-0.1, -0.05) is 47.6 Å². The van der Waals surface area contributed by atoms with Gasteiger partial charge >= 0.3 is 0 Å². The highest BCUT2D eigenvalue weighted by Gasteiger charge is 2.10. The fourth-order valence-corrected chi connectivity index (χ4v) is 2.73. The Morgan fingerprint density at radius 2 is 1.44 bits per heavy atom. The van der Waals surface area contributed by atoms with Gasteiger partial charge in [0, 0.05) is 22.8 Å². The summed E-state index contributed by atoms with van der Waals surface area (Å²) in [7, 11) is 0. The summed E-state index contributed by atoms with van der Waals surface area (Å²) < 4.78 is 11.3. The van der Waals surface area contributed by atoms with Crippen molar-refractivity contribution < 1.29 is 14.1 Å². The third-order valence-corrected chi connectivity index (χ3v) is 4.22. The summed E-state index contributed by atoms with van der Waals surface area (Å²) in [6.45, 7) is 1.55. The molecule has 0 saturated heterocycles. The van der Waals surface area contributed by atoms with E-state index in [1.54, 1.807) is 19.1 Å². The van der Waals surface area contributed by atoms with Crippen molar-refractivity contribution in [2.75, 3.05) is 0 Å². The van der Waals surface area contributed by atoms with Gasteiger partial charge in [-0.25, -0.2) is 0 Å². The molecule has 0 bridgehead atoms. The molecule has 0 aliphatic rings. The Morgan fingerprint density at radius 1 is 0.815 bits per heavy atom. The number of Topliss-reactive ketones (excluding diaryl/α,β-unsaturated/α-hetero) is 1. The number of carbonyl (C=O) groups excluding carboxylic acids is 1. The first-order chi connectivity index (χ1) is 13.2. The van der Waals surface area contributed by atoms with Crippen LogP contribution < -0.4 is 4.74 Å². The fraction of sp³-hybridized carbons (Fsp3) is 0.0435. The number of benzene rings is 3. The number of aromatic nitrogens is 1. The molecule has 132 valence electrons. The quantitative estimate of drug-likeness (QED) is 0.412. The van der Waals surface area contributed by atoms with Crippen LogP contribution in [0.25, 0.3) is 22.6 Å². The largest absolute Gasteiger partial charge is 0.457 e. The highest BCUT2D eigenvalue weighted by molar-refractivity contribution is 5.94. The molecular formula is C23H17NO3. The van der Waals surface area contributed by atoms with Gasteiger partial charge in [-0.15, -0.1) is 0 Å². The Morgan fingerprint density at radius 3 is 2.11 bits per heavy atom. The van der Waals surface area contributed by atoms with Crippen molar-refractivity contribution in [2.45, 2.75) is 6.92 Å². The number of carbonyl (C=O) groups is 1. The van der Waals surface area contributed by atoms with Crippen LogP contribution in [0.1, 0.15) is 17.3 Å². The summed E-state index contributed by atoms with van der Waals surface area (Å²) in [6, 6.07) is 26.5. The molecule has 0 atom stereocenters. The topological polar surface area (TPSA) is 52.3 Å². The zero-order valence-corrected chi connectivity index (χ0v) is 14.8. The predicted octanol–water partition coefficient (Wildman–Crippen LogP) is 6.00. The van der Waals surface area contributed by atoms with E-state index in [9.17, 15) is 4.79 Å². The molecule has 4 aromatic rings. The van der Waals surface area contributed by atoms with Gasteiger partial charge in [0.2, 0.25) is 0 Å². The van der Waals surface area contributed by atoms with Crippen LogP contribution in [0.5, 0.6) is 11.5 Å². The summed E-state index contributed by atoms with van der Waals surface area (Å²) in [5.74, 6) is 2.26. The van der Waals surface area contributed by atoms with Gasteiger partial charge in [-0.3, -0.25) is 4.79 Å². The van der Waals surface area contributed by atoms with Crippen molar-refractivity contribution in [3.05, 3.63) is 90.5 Å². The van der Waals surface area contributed by atoms with Gasteiger partial charge in [0.05, 0.1) is 0 Å². The number of ether oxygens (including phenoxy) is 1. The van der Waals surface area contributed by atoms with Crippen molar-refractivity contribution >= 4 is 5.78 Å². The van der Waals surface area contributed by atoms with E-state index < -0.39 is 0 Å². The molecule has 0 amide bonds. The average Bonchev–Trinajstić information content (AvgIpc) is 3.20. The number of rotatable bonds is 5. The average molecular weight is 355 g/mol. The first kappa shape index (κ1) is 16.8. The molecule has 0 N–H and O–H groups in total. The number of hydrogen-bond donors (Lipinski definition) is 0. The van der Waals surface area contributed by atoms with Crippen molar-refractivity contribution in [3.63, 3.8) is 0 Å². The molecule has 4 heteroatoms. The molecule has 3 aromatic carbocycles. The minimum atomic E-state index is 0.0419. The van der Waals surface area contributed by atoms with E-state index in [1.165, 1.54) is 0 Å². The van der Waals surface area contributed by atoms with Crippen LogP contribution in [-0.4, -0.2) is 10.9 Å². The van der Waals surface area contributed by atoms with E-state index in [0.717, 1.165) is 28.3 Å². The zero-order chi connectivity index (χ0) is 18.6. The van der Waals surface area contributed by atoms with Crippen LogP contribution in [0.15, 0.2) is 89.5 Å². The molecule has 0 aliphatic heterocycles. The molecule has 0 aliphatic carbocycles. The van der Waals surface area contributed by atoms with E-state index in [2.05, 4.69) is 5.16 Å². The SMILES string of the molecule is CC(=O)c1ccc(-c2cc(-c3ccc(Oc4ccccc4)cc3)on2)cc1. The molecule has 1 aromatic heterocycles. The van der Waals surface area contributed by atoms with Crippen LogP contribution in [-0.2, 0) is 0 Å². The van der Waals surface area contributed by atoms with Crippen molar-refractivity contribution in [1.82, 2.24) is 5.16 Å². The van der Waals surface area contributed by atoms with Crippen LogP contribution in [0, 0.1) is 0 Å². The third kappa shape index (κ3) is 3.80. The molecule has 4 rings (SSSR count). The van der Waals surface area contributed by atoms with Gasteiger partial charge in [-0.2, -0.15) is 0 Å². The molecule has 0 radical (unpaired) electrons. The minimum Gasteiger partial charge on any atom is -0.457 e. The van der Waals surface area contributed by atoms with Crippen molar-refractivity contribution in [2.24, 2.45) is 0 Å². The molecule has 1 heterocycles. The number of nitrogens with zero attached hydrogens (tertiary/aromatic N) is 1. The molecule has 27 heavy (non-hydrogen) atoms. The second-order valence-electron chi connectivity index (χ2n) is 6.15. The highest BCUT2D eigenvalue weighted by atomic mass is 16.5. The lowest BCUT2D eigenvalue weighted by Gasteiger charge is -2.05. The Kier molecular flexibility index (Phi) is 4.54. The number of para-hydroxylation sites is 1. The van der Waals surface area contributed by atoms with Crippen LogP contribution in [0.4, 0.5) is 0 Å². The van der Waals surface area contributed by atoms with Gasteiger partial charge in [0.15, 0.2) is 11.5 Å². The standard InChI is InChI=1S/C23H17NO3/c1-16(25)17-7-9-18(10-8-17)22-15-23(27-24-22)19-11-13-21(14-12-19)26-20-5-3-2-4-6-20/h2-15H,1H3. The zero-order valence-electron chi connectivity index (χ0n) is 14.8. The Balaban J connectivity index is 1.52. The smallest absolute Gasteiger partial charge is 0.167 e. The summed E-state index contributed by atoms with van der Waals surface area (Å²) in [5.41, 5.74) is 3.22. The first-order valence-corrected chi connectivity index (χ1v) is 8.60. The molecular weight excluding hydrogens is 338 g/mol. The van der Waals surface area contributed by atoms with Crippen LogP contribution in [0.2, 0.25) is 0 Å². The Bertz CT molecular complexity index is 1050. The second-order valence-corrected chi connectivity index (χ2v) is 6.15. The molecule has 4 nitrogen and oxygen atoms in total. The summed E-state index contributed by atoms with van der Waals surface area (Å²) in [4.78, 5) is 11.4. The van der Waals surface area contributed by atoms with Gasteiger partial charge in [0.1, 0.15) is 17.2 Å². The third-order valence-electron chi connectivity index (χ3n) is 4.22. The fourth-order valence-electron chi connectivity index (χ4n) is 2.73. The molecule has 0 saturated carbocycles.